The summed E-state index contributed by atoms with van der Waals surface area (Å²) in [7, 11) is 0. The van der Waals surface area contributed by atoms with Crippen molar-refractivity contribution in [2.45, 2.75) is 51.7 Å². The normalized spacial score (nSPS) is 19.6. The molecule has 6 nitrogen and oxygen atoms in total. The average Bonchev–Trinajstić information content (AvgIpc) is 2.64. The van der Waals surface area contributed by atoms with Gasteiger partial charge in [0.25, 0.3) is 5.91 Å². The van der Waals surface area contributed by atoms with Gasteiger partial charge in [-0.15, -0.1) is 0 Å². The molecule has 27 heavy (non-hydrogen) atoms. The summed E-state index contributed by atoms with van der Waals surface area (Å²) in [6.07, 6.45) is 4.87. The van der Waals surface area contributed by atoms with Crippen LogP contribution in [0.25, 0.3) is 0 Å². The monoisotopic (exact) mass is 386 g/mol. The summed E-state index contributed by atoms with van der Waals surface area (Å²) in [6, 6.07) is 7.15. The van der Waals surface area contributed by atoms with Crippen molar-refractivity contribution in [1.29, 1.82) is 5.26 Å². The predicted octanol–water partition coefficient (Wildman–Crippen LogP) is 4.04. The highest BCUT2D eigenvalue weighted by molar-refractivity contribution is 6.39. The van der Waals surface area contributed by atoms with Gasteiger partial charge in [-0.2, -0.15) is 5.26 Å². The molecule has 7 heteroatoms. The van der Waals surface area contributed by atoms with Gasteiger partial charge in [-0.3, -0.25) is 4.79 Å². The Kier molecular flexibility index (Phi) is 7.56. The number of carbonyl (C=O) groups excluding carboxylic acids is 1. The number of allylic oxidation sites excluding steroid dienone is 1. The maximum atomic E-state index is 12.2. The zero-order valence-electron chi connectivity index (χ0n) is 15.5. The Morgan fingerprint density at radius 1 is 1.37 bits per heavy atom. The second kappa shape index (κ2) is 9.89. The van der Waals surface area contributed by atoms with Crippen LogP contribution in [0, 0.1) is 11.3 Å². The van der Waals surface area contributed by atoms with Gasteiger partial charge in [0, 0.05) is 18.3 Å². The Balaban J connectivity index is 1.86. The molecule has 0 aliphatic heterocycles. The van der Waals surface area contributed by atoms with Crippen molar-refractivity contribution in [3.05, 3.63) is 40.6 Å². The molecule has 1 fully saturated rings. The minimum atomic E-state index is -0.314. The van der Waals surface area contributed by atoms with Crippen LogP contribution in [0.4, 0.5) is 0 Å². The van der Waals surface area contributed by atoms with Crippen LogP contribution in [0.3, 0.4) is 0 Å². The Hall–Kier alpha value is -2.65. The molecule has 1 aromatic carbocycles. The first kappa shape index (κ1) is 20.7. The predicted molar refractivity (Wildman–Crippen MR) is 107 cm³/mol. The van der Waals surface area contributed by atoms with E-state index in [1.54, 1.807) is 24.4 Å². The van der Waals surface area contributed by atoms with Gasteiger partial charge in [0.1, 0.15) is 11.8 Å². The fourth-order valence-electron chi connectivity index (χ4n) is 2.79. The van der Waals surface area contributed by atoms with Crippen molar-refractivity contribution in [2.75, 3.05) is 0 Å². The second-order valence-corrected chi connectivity index (χ2v) is 7.04. The summed E-state index contributed by atoms with van der Waals surface area (Å²) >= 11 is 6.04. The third-order valence-corrected chi connectivity index (χ3v) is 4.48. The van der Waals surface area contributed by atoms with Crippen LogP contribution in [0.5, 0.6) is 5.75 Å². The lowest BCUT2D eigenvalue weighted by molar-refractivity contribution is -0.115. The summed E-state index contributed by atoms with van der Waals surface area (Å²) in [5.41, 5.74) is 1.40. The van der Waals surface area contributed by atoms with E-state index in [1.165, 1.54) is 0 Å². The number of benzene rings is 1. The first-order chi connectivity index (χ1) is 12.9. The van der Waals surface area contributed by atoms with Crippen molar-refractivity contribution < 1.29 is 9.53 Å². The van der Waals surface area contributed by atoms with Crippen LogP contribution in [-0.2, 0) is 4.79 Å². The first-order valence-corrected chi connectivity index (χ1v) is 9.15. The Bertz CT molecular complexity index is 799. The maximum Gasteiger partial charge on any atom is 0.289 e. The topological polar surface area (TPSA) is 86.8 Å². The molecular formula is C20H23ClN4O2. The fraction of sp³-hybridized carbons (Fsp3) is 0.400. The van der Waals surface area contributed by atoms with E-state index in [0.717, 1.165) is 31.3 Å². The molecule has 0 radical (unpaired) electrons. The third-order valence-electron chi connectivity index (χ3n) is 4.17. The molecule has 0 atom stereocenters. The minimum Gasteiger partial charge on any atom is -0.490 e. The van der Waals surface area contributed by atoms with Gasteiger partial charge >= 0.3 is 0 Å². The summed E-state index contributed by atoms with van der Waals surface area (Å²) in [4.78, 5) is 20.0. The number of nitrogens with one attached hydrogen (secondary N) is 1. The number of ether oxygens (including phenoxy) is 1. The van der Waals surface area contributed by atoms with Crippen LogP contribution in [0.15, 0.2) is 40.0 Å². The molecule has 0 saturated heterocycles. The lowest BCUT2D eigenvalue weighted by Gasteiger charge is -2.29. The SMILES string of the molecule is C=N/C(=N\C=C(C)C)C(=O)N[C@H]1CC[C@H](Oc2ccc(C#N)c(Cl)c2)CC1. The highest BCUT2D eigenvalue weighted by atomic mass is 35.5. The Morgan fingerprint density at radius 2 is 2.07 bits per heavy atom. The zero-order valence-corrected chi connectivity index (χ0v) is 16.3. The summed E-state index contributed by atoms with van der Waals surface area (Å²) in [5, 5.41) is 12.3. The number of amidine groups is 1. The molecule has 0 spiro atoms. The van der Waals surface area contributed by atoms with Gasteiger partial charge in [0.2, 0.25) is 5.84 Å². The summed E-state index contributed by atoms with van der Waals surface area (Å²) < 4.78 is 5.96. The van der Waals surface area contributed by atoms with Crippen LogP contribution < -0.4 is 10.1 Å². The van der Waals surface area contributed by atoms with Crippen molar-refractivity contribution in [3.63, 3.8) is 0 Å². The minimum absolute atomic E-state index is 0.0542. The fourth-order valence-corrected chi connectivity index (χ4v) is 3.00. The van der Waals surface area contributed by atoms with Crippen LogP contribution >= 0.6 is 11.6 Å². The standard InChI is InChI=1S/C20H23ClN4O2/c1-13(2)12-24-19(23-3)20(26)25-15-5-8-16(9-6-15)27-17-7-4-14(11-22)18(21)10-17/h4,7,10,12,15-16H,3,5-6,8-9H2,1-2H3,(H,25,26)/b24-19-/t15-,16-. The van der Waals surface area contributed by atoms with E-state index in [-0.39, 0.29) is 23.9 Å². The number of hydrogen-bond acceptors (Lipinski definition) is 4. The van der Waals surface area contributed by atoms with Crippen molar-refractivity contribution in [3.8, 4) is 11.8 Å². The highest BCUT2D eigenvalue weighted by Crippen LogP contribution is 2.27. The molecule has 0 aromatic heterocycles. The van der Waals surface area contributed by atoms with Crippen molar-refractivity contribution >= 4 is 30.1 Å². The van der Waals surface area contributed by atoms with Gasteiger partial charge in [-0.1, -0.05) is 17.2 Å². The second-order valence-electron chi connectivity index (χ2n) is 6.64. The summed E-state index contributed by atoms with van der Waals surface area (Å²) in [5.74, 6) is 0.408. The van der Waals surface area contributed by atoms with E-state index in [9.17, 15) is 4.79 Å². The van der Waals surface area contributed by atoms with E-state index in [1.807, 2.05) is 19.9 Å². The van der Waals surface area contributed by atoms with Gasteiger partial charge in [0.05, 0.1) is 16.7 Å². The maximum absolute atomic E-state index is 12.2. The van der Waals surface area contributed by atoms with Gasteiger partial charge < -0.3 is 10.1 Å². The van der Waals surface area contributed by atoms with Gasteiger partial charge in [-0.25, -0.2) is 9.98 Å². The molecule has 1 N–H and O–H groups in total. The molecular weight excluding hydrogens is 364 g/mol. The average molecular weight is 387 g/mol. The number of aliphatic imine (C=N–C) groups is 2. The number of halogens is 1. The van der Waals surface area contributed by atoms with E-state index in [4.69, 9.17) is 21.6 Å². The molecule has 1 aliphatic carbocycles. The van der Waals surface area contributed by atoms with Gasteiger partial charge in [-0.05, 0) is 58.4 Å². The number of hydrogen-bond donors (Lipinski definition) is 1. The molecule has 142 valence electrons. The molecule has 2 rings (SSSR count). The molecule has 1 amide bonds. The lowest BCUT2D eigenvalue weighted by atomic mass is 9.93. The Morgan fingerprint density at radius 3 is 2.63 bits per heavy atom. The van der Waals surface area contributed by atoms with E-state index in [0.29, 0.717) is 16.3 Å². The number of carbonyl (C=O) groups is 1. The van der Waals surface area contributed by atoms with E-state index in [2.05, 4.69) is 22.0 Å². The van der Waals surface area contributed by atoms with Gasteiger partial charge in [0.15, 0.2) is 0 Å². The third kappa shape index (κ3) is 6.22. The molecule has 0 unspecified atom stereocenters. The highest BCUT2D eigenvalue weighted by Gasteiger charge is 2.25. The Labute approximate surface area is 164 Å². The molecule has 0 heterocycles. The molecule has 1 aromatic rings. The van der Waals surface area contributed by atoms with E-state index < -0.39 is 0 Å². The molecule has 1 aliphatic rings. The van der Waals surface area contributed by atoms with Crippen LogP contribution in [0.2, 0.25) is 5.02 Å². The number of nitrogens with zero attached hydrogens (tertiary/aromatic N) is 3. The largest absolute Gasteiger partial charge is 0.490 e. The quantitative estimate of drug-likeness (QED) is 0.625. The van der Waals surface area contributed by atoms with Crippen molar-refractivity contribution in [2.24, 2.45) is 9.98 Å². The lowest BCUT2D eigenvalue weighted by Crippen LogP contribution is -2.42. The van der Waals surface area contributed by atoms with Crippen LogP contribution in [0.1, 0.15) is 45.1 Å². The first-order valence-electron chi connectivity index (χ1n) is 8.78. The summed E-state index contributed by atoms with van der Waals surface area (Å²) in [6.45, 7) is 7.20. The molecule has 0 bridgehead atoms. The van der Waals surface area contributed by atoms with Crippen LogP contribution in [-0.4, -0.2) is 30.6 Å². The van der Waals surface area contributed by atoms with Crippen molar-refractivity contribution in [1.82, 2.24) is 5.32 Å². The smallest absolute Gasteiger partial charge is 0.289 e. The zero-order chi connectivity index (χ0) is 19.8. The molecule has 1 saturated carbocycles. The number of nitriles is 1. The number of rotatable bonds is 4. The van der Waals surface area contributed by atoms with E-state index >= 15 is 0 Å². The number of amides is 1.